The molecule has 31 heavy (non-hydrogen) atoms. The number of ether oxygens (including phenoxy) is 3. The number of carbonyl (C=O) groups is 2. The maximum Gasteiger partial charge on any atom is 0.263 e. The van der Waals surface area contributed by atoms with Crippen LogP contribution in [0.5, 0.6) is 17.2 Å². The molecule has 0 radical (unpaired) electrons. The first-order valence-corrected chi connectivity index (χ1v) is 10.3. The van der Waals surface area contributed by atoms with Crippen LogP contribution in [0, 0.1) is 0 Å². The first kappa shape index (κ1) is 22.4. The first-order valence-electron chi connectivity index (χ1n) is 9.06. The first-order chi connectivity index (χ1) is 15.0. The minimum atomic E-state index is -0.499. The van der Waals surface area contributed by atoms with Crippen molar-refractivity contribution in [2.24, 2.45) is 5.10 Å². The molecule has 3 rings (SSSR count). The van der Waals surface area contributed by atoms with Gasteiger partial charge in [-0.2, -0.15) is 5.10 Å². The van der Waals surface area contributed by atoms with Crippen molar-refractivity contribution in [2.45, 2.75) is 0 Å². The van der Waals surface area contributed by atoms with Gasteiger partial charge in [0.05, 0.1) is 39.1 Å². The molecule has 0 saturated carbocycles. The molecule has 0 unspecified atom stereocenters. The summed E-state index contributed by atoms with van der Waals surface area (Å²) in [5.74, 6) is 0.400. The zero-order valence-corrected chi connectivity index (χ0v) is 18.6. The molecule has 1 heterocycles. The Labute approximate surface area is 187 Å². The van der Waals surface area contributed by atoms with Gasteiger partial charge in [0, 0.05) is 15.6 Å². The highest BCUT2D eigenvalue weighted by Crippen LogP contribution is 2.39. The van der Waals surface area contributed by atoms with Crippen LogP contribution in [0.1, 0.15) is 15.2 Å². The normalized spacial score (nSPS) is 10.8. The second-order valence-electron chi connectivity index (χ2n) is 6.14. The number of halogens is 1. The summed E-state index contributed by atoms with van der Waals surface area (Å²) in [5.41, 5.74) is 2.93. The fraction of sp³-hybridized carbons (Fsp3) is 0.190. The summed E-state index contributed by atoms with van der Waals surface area (Å²) in [5, 5.41) is 7.63. The summed E-state index contributed by atoms with van der Waals surface area (Å²) >= 11 is 7.56. The van der Waals surface area contributed by atoms with E-state index < -0.39 is 11.8 Å². The Hall–Kier alpha value is -3.30. The van der Waals surface area contributed by atoms with Crippen molar-refractivity contribution in [1.82, 2.24) is 10.7 Å². The molecular weight excluding hydrogens is 442 g/mol. The third-order valence-electron chi connectivity index (χ3n) is 4.28. The van der Waals surface area contributed by atoms with Crippen LogP contribution in [0.25, 0.3) is 10.1 Å². The van der Waals surface area contributed by atoms with Crippen LogP contribution in [0.3, 0.4) is 0 Å². The van der Waals surface area contributed by atoms with E-state index in [1.165, 1.54) is 38.9 Å². The van der Waals surface area contributed by atoms with Gasteiger partial charge in [0.25, 0.3) is 11.8 Å². The third kappa shape index (κ3) is 4.89. The fourth-order valence-electron chi connectivity index (χ4n) is 2.84. The van der Waals surface area contributed by atoms with Crippen LogP contribution in [-0.4, -0.2) is 45.9 Å². The van der Waals surface area contributed by atoms with Crippen LogP contribution >= 0.6 is 22.9 Å². The number of hydrogen-bond donors (Lipinski definition) is 2. The summed E-state index contributed by atoms with van der Waals surface area (Å²) in [7, 11) is 4.50. The van der Waals surface area contributed by atoms with Gasteiger partial charge < -0.3 is 19.5 Å². The van der Waals surface area contributed by atoms with Crippen LogP contribution in [-0.2, 0) is 4.79 Å². The Balaban J connectivity index is 1.61. The molecule has 1 aromatic heterocycles. The van der Waals surface area contributed by atoms with Gasteiger partial charge in [-0.3, -0.25) is 9.59 Å². The zero-order valence-electron chi connectivity index (χ0n) is 17.0. The fourth-order valence-corrected chi connectivity index (χ4v) is 4.27. The quantitative estimate of drug-likeness (QED) is 0.395. The Morgan fingerprint density at radius 2 is 1.81 bits per heavy atom. The summed E-state index contributed by atoms with van der Waals surface area (Å²) in [4.78, 5) is 24.8. The summed E-state index contributed by atoms with van der Waals surface area (Å²) in [6.07, 6.45) is 1.41. The molecule has 2 amide bonds. The number of methoxy groups -OCH3 is 3. The van der Waals surface area contributed by atoms with Crippen molar-refractivity contribution in [3.8, 4) is 17.2 Å². The van der Waals surface area contributed by atoms with Gasteiger partial charge in [-0.1, -0.05) is 29.8 Å². The summed E-state index contributed by atoms with van der Waals surface area (Å²) in [6, 6.07) is 10.8. The van der Waals surface area contributed by atoms with E-state index in [0.29, 0.717) is 32.7 Å². The molecule has 0 aliphatic heterocycles. The van der Waals surface area contributed by atoms with E-state index in [9.17, 15) is 9.59 Å². The average Bonchev–Trinajstić information content (AvgIpc) is 3.13. The lowest BCUT2D eigenvalue weighted by atomic mass is 10.2. The molecular formula is C21H20ClN3O5S. The largest absolute Gasteiger partial charge is 0.493 e. The van der Waals surface area contributed by atoms with E-state index in [2.05, 4.69) is 15.8 Å². The Morgan fingerprint density at radius 3 is 2.48 bits per heavy atom. The molecule has 8 nitrogen and oxygen atoms in total. The number of hydrogen-bond acceptors (Lipinski definition) is 7. The second-order valence-corrected chi connectivity index (χ2v) is 7.57. The van der Waals surface area contributed by atoms with Gasteiger partial charge in [0.1, 0.15) is 4.88 Å². The van der Waals surface area contributed by atoms with E-state index in [1.54, 1.807) is 12.1 Å². The number of benzene rings is 2. The minimum absolute atomic E-state index is 0.260. The molecule has 0 aliphatic rings. The SMILES string of the molecule is COc1ccc(/C=N\NC(=O)CNC(=O)c2sc3ccccc3c2Cl)c(OC)c1OC. The van der Waals surface area contributed by atoms with E-state index in [-0.39, 0.29) is 6.54 Å². The Bertz CT molecular complexity index is 1150. The number of amides is 2. The van der Waals surface area contributed by atoms with Crippen molar-refractivity contribution in [1.29, 1.82) is 0 Å². The number of rotatable bonds is 8. The predicted molar refractivity (Wildman–Crippen MR) is 121 cm³/mol. The molecule has 2 N–H and O–H groups in total. The number of thiophene rings is 1. The summed E-state index contributed by atoms with van der Waals surface area (Å²) in [6.45, 7) is -0.260. The van der Waals surface area contributed by atoms with Crippen LogP contribution in [0.4, 0.5) is 0 Å². The smallest absolute Gasteiger partial charge is 0.263 e. The van der Waals surface area contributed by atoms with Gasteiger partial charge >= 0.3 is 0 Å². The van der Waals surface area contributed by atoms with Crippen LogP contribution in [0.2, 0.25) is 5.02 Å². The molecule has 0 fully saturated rings. The van der Waals surface area contributed by atoms with Crippen LogP contribution in [0.15, 0.2) is 41.5 Å². The lowest BCUT2D eigenvalue weighted by Crippen LogP contribution is -2.34. The van der Waals surface area contributed by atoms with Crippen molar-refractivity contribution in [3.63, 3.8) is 0 Å². The molecule has 0 spiro atoms. The zero-order chi connectivity index (χ0) is 22.4. The molecule has 3 aromatic rings. The maximum absolute atomic E-state index is 12.4. The topological polar surface area (TPSA) is 98.2 Å². The van der Waals surface area contributed by atoms with E-state index in [4.69, 9.17) is 25.8 Å². The van der Waals surface area contributed by atoms with E-state index in [0.717, 1.165) is 10.1 Å². The highest BCUT2D eigenvalue weighted by Gasteiger charge is 2.17. The number of nitrogens with one attached hydrogen (secondary N) is 2. The highest BCUT2D eigenvalue weighted by atomic mass is 35.5. The van der Waals surface area contributed by atoms with Crippen molar-refractivity contribution < 1.29 is 23.8 Å². The molecule has 2 aromatic carbocycles. The molecule has 0 saturated heterocycles. The molecule has 162 valence electrons. The number of nitrogens with zero attached hydrogens (tertiary/aromatic N) is 1. The van der Waals surface area contributed by atoms with E-state index in [1.807, 2.05) is 24.3 Å². The average molecular weight is 462 g/mol. The Morgan fingerprint density at radius 1 is 1.06 bits per heavy atom. The van der Waals surface area contributed by atoms with E-state index >= 15 is 0 Å². The molecule has 0 aliphatic carbocycles. The van der Waals surface area contributed by atoms with Gasteiger partial charge in [-0.05, 0) is 18.2 Å². The van der Waals surface area contributed by atoms with Crippen LogP contribution < -0.4 is 25.0 Å². The van der Waals surface area contributed by atoms with Crippen molar-refractivity contribution in [3.05, 3.63) is 51.9 Å². The lowest BCUT2D eigenvalue weighted by molar-refractivity contribution is -0.120. The monoisotopic (exact) mass is 461 g/mol. The maximum atomic E-state index is 12.4. The van der Waals surface area contributed by atoms with Gasteiger partial charge in [0.2, 0.25) is 5.75 Å². The molecule has 10 heteroatoms. The predicted octanol–water partition coefficient (Wildman–Crippen LogP) is 3.46. The second kappa shape index (κ2) is 10.1. The number of carbonyl (C=O) groups excluding carboxylic acids is 2. The standard InChI is InChI=1S/C21H20ClN3O5S/c1-28-14-9-8-12(18(29-2)19(14)30-3)10-24-25-16(26)11-23-21(27)20-17(22)13-6-4-5-7-15(13)31-20/h4-10H,11H2,1-3H3,(H,23,27)(H,25,26)/b24-10-. The number of fused-ring (bicyclic) bond motifs is 1. The van der Waals surface area contributed by atoms with Crippen molar-refractivity contribution >= 4 is 51.1 Å². The lowest BCUT2D eigenvalue weighted by Gasteiger charge is -2.13. The molecule has 0 atom stereocenters. The van der Waals surface area contributed by atoms with Gasteiger partial charge in [0.15, 0.2) is 11.5 Å². The van der Waals surface area contributed by atoms with Gasteiger partial charge in [-0.15, -0.1) is 11.3 Å². The highest BCUT2D eigenvalue weighted by molar-refractivity contribution is 7.21. The number of hydrazone groups is 1. The molecule has 0 bridgehead atoms. The minimum Gasteiger partial charge on any atom is -0.493 e. The third-order valence-corrected chi connectivity index (χ3v) is 5.95. The Kier molecular flexibility index (Phi) is 7.32. The summed E-state index contributed by atoms with van der Waals surface area (Å²) < 4.78 is 16.8. The van der Waals surface area contributed by atoms with Gasteiger partial charge in [-0.25, -0.2) is 5.43 Å². The van der Waals surface area contributed by atoms with Crippen molar-refractivity contribution in [2.75, 3.05) is 27.9 Å².